The lowest BCUT2D eigenvalue weighted by atomic mass is 10.1. The highest BCUT2D eigenvalue weighted by molar-refractivity contribution is 5.50. The van der Waals surface area contributed by atoms with Crippen molar-refractivity contribution in [3.8, 4) is 5.75 Å². The number of benzene rings is 1. The van der Waals surface area contributed by atoms with Crippen LogP contribution in [-0.2, 0) is 6.54 Å². The van der Waals surface area contributed by atoms with Crippen LogP contribution in [0.15, 0.2) is 18.2 Å². The van der Waals surface area contributed by atoms with Crippen LogP contribution in [0.2, 0.25) is 0 Å². The Labute approximate surface area is 97.0 Å². The molecule has 0 aromatic heterocycles. The van der Waals surface area contributed by atoms with Crippen LogP contribution in [0.25, 0.3) is 0 Å². The number of anilines is 1. The number of methoxy groups -OCH3 is 1. The Hall–Kier alpha value is -1.22. The van der Waals surface area contributed by atoms with Gasteiger partial charge >= 0.3 is 0 Å². The Morgan fingerprint density at radius 3 is 2.94 bits per heavy atom. The maximum absolute atomic E-state index is 5.90. The Balaban J connectivity index is 1.81. The predicted octanol–water partition coefficient (Wildman–Crippen LogP) is 2.17. The monoisotopic (exact) mass is 220 g/mol. The normalized spacial score (nSPS) is 15.1. The lowest BCUT2D eigenvalue weighted by Gasteiger charge is -2.09. The Morgan fingerprint density at radius 2 is 2.25 bits per heavy atom. The second-order valence-electron chi connectivity index (χ2n) is 4.47. The van der Waals surface area contributed by atoms with Gasteiger partial charge in [-0.25, -0.2) is 0 Å². The van der Waals surface area contributed by atoms with E-state index in [0.29, 0.717) is 0 Å². The molecule has 1 aromatic rings. The van der Waals surface area contributed by atoms with E-state index in [1.807, 2.05) is 18.2 Å². The first kappa shape index (κ1) is 11.3. The summed E-state index contributed by atoms with van der Waals surface area (Å²) in [6.07, 6.45) is 4.13. The van der Waals surface area contributed by atoms with Crippen molar-refractivity contribution in [3.05, 3.63) is 23.8 Å². The molecule has 0 radical (unpaired) electrons. The van der Waals surface area contributed by atoms with E-state index in [4.69, 9.17) is 10.5 Å². The van der Waals surface area contributed by atoms with Gasteiger partial charge in [0, 0.05) is 12.2 Å². The number of rotatable bonds is 6. The Kier molecular flexibility index (Phi) is 3.67. The zero-order chi connectivity index (χ0) is 11.4. The molecule has 16 heavy (non-hydrogen) atoms. The van der Waals surface area contributed by atoms with Gasteiger partial charge in [0.05, 0.1) is 7.11 Å². The van der Waals surface area contributed by atoms with Crippen molar-refractivity contribution >= 4 is 5.69 Å². The van der Waals surface area contributed by atoms with E-state index in [9.17, 15) is 0 Å². The second kappa shape index (κ2) is 5.21. The van der Waals surface area contributed by atoms with Gasteiger partial charge in [0.25, 0.3) is 0 Å². The quantitative estimate of drug-likeness (QED) is 0.570. The van der Waals surface area contributed by atoms with Crippen molar-refractivity contribution in [3.63, 3.8) is 0 Å². The average Bonchev–Trinajstić information content (AvgIpc) is 3.10. The number of ether oxygens (including phenoxy) is 1. The van der Waals surface area contributed by atoms with Crippen molar-refractivity contribution in [2.75, 3.05) is 19.4 Å². The molecular formula is C13H20N2O. The molecule has 0 aliphatic heterocycles. The number of nitrogens with one attached hydrogen (secondary N) is 1. The fraction of sp³-hybridized carbons (Fsp3) is 0.538. The van der Waals surface area contributed by atoms with Gasteiger partial charge in [-0.15, -0.1) is 0 Å². The minimum Gasteiger partial charge on any atom is -0.497 e. The zero-order valence-corrected chi connectivity index (χ0v) is 9.83. The number of nitrogen functional groups attached to an aromatic ring is 1. The topological polar surface area (TPSA) is 47.3 Å². The highest BCUT2D eigenvalue weighted by Gasteiger charge is 2.19. The molecule has 0 bridgehead atoms. The lowest BCUT2D eigenvalue weighted by molar-refractivity contribution is 0.414. The Bertz CT molecular complexity index is 348. The molecule has 0 unspecified atom stereocenters. The van der Waals surface area contributed by atoms with E-state index < -0.39 is 0 Å². The third-order valence-corrected chi connectivity index (χ3v) is 3.09. The molecular weight excluding hydrogens is 200 g/mol. The van der Waals surface area contributed by atoms with Crippen molar-refractivity contribution in [2.24, 2.45) is 5.92 Å². The number of hydrogen-bond acceptors (Lipinski definition) is 3. The van der Waals surface area contributed by atoms with Gasteiger partial charge in [0.15, 0.2) is 0 Å². The number of hydrogen-bond donors (Lipinski definition) is 2. The van der Waals surface area contributed by atoms with Gasteiger partial charge in [-0.05, 0) is 42.6 Å². The summed E-state index contributed by atoms with van der Waals surface area (Å²) in [4.78, 5) is 0. The van der Waals surface area contributed by atoms with Crippen LogP contribution < -0.4 is 15.8 Å². The first-order valence-corrected chi connectivity index (χ1v) is 5.92. The number of nitrogens with two attached hydrogens (primary N) is 1. The highest BCUT2D eigenvalue weighted by atomic mass is 16.5. The average molecular weight is 220 g/mol. The van der Waals surface area contributed by atoms with Gasteiger partial charge in [-0.3, -0.25) is 0 Å². The summed E-state index contributed by atoms with van der Waals surface area (Å²) in [5.41, 5.74) is 7.86. The lowest BCUT2D eigenvalue weighted by Crippen LogP contribution is -2.16. The van der Waals surface area contributed by atoms with Gasteiger partial charge in [-0.1, -0.05) is 12.8 Å². The first-order valence-electron chi connectivity index (χ1n) is 5.92. The van der Waals surface area contributed by atoms with E-state index in [-0.39, 0.29) is 0 Å². The largest absolute Gasteiger partial charge is 0.497 e. The van der Waals surface area contributed by atoms with E-state index in [2.05, 4.69) is 5.32 Å². The van der Waals surface area contributed by atoms with Gasteiger partial charge in [-0.2, -0.15) is 0 Å². The van der Waals surface area contributed by atoms with E-state index in [1.54, 1.807) is 7.11 Å². The molecule has 1 fully saturated rings. The summed E-state index contributed by atoms with van der Waals surface area (Å²) in [5, 5.41) is 3.43. The van der Waals surface area contributed by atoms with Crippen LogP contribution in [0.3, 0.4) is 0 Å². The molecule has 1 aliphatic rings. The summed E-state index contributed by atoms with van der Waals surface area (Å²) >= 11 is 0. The van der Waals surface area contributed by atoms with Crippen LogP contribution in [0, 0.1) is 5.92 Å². The third-order valence-electron chi connectivity index (χ3n) is 3.09. The highest BCUT2D eigenvalue weighted by Crippen LogP contribution is 2.31. The summed E-state index contributed by atoms with van der Waals surface area (Å²) in [7, 11) is 1.68. The fourth-order valence-corrected chi connectivity index (χ4v) is 1.80. The van der Waals surface area contributed by atoms with Crippen molar-refractivity contribution < 1.29 is 4.74 Å². The standard InChI is InChI=1S/C13H20N2O/c1-16-12-4-5-13(14)11(8-12)9-15-7-6-10-2-3-10/h4-5,8,10,15H,2-3,6-7,9,14H2,1H3. The van der Waals surface area contributed by atoms with E-state index in [1.165, 1.54) is 19.3 Å². The molecule has 88 valence electrons. The molecule has 0 spiro atoms. The van der Waals surface area contributed by atoms with Crippen molar-refractivity contribution in [2.45, 2.75) is 25.8 Å². The molecule has 0 saturated heterocycles. The van der Waals surface area contributed by atoms with Crippen LogP contribution in [0.1, 0.15) is 24.8 Å². The van der Waals surface area contributed by atoms with Gasteiger partial charge in [0.2, 0.25) is 0 Å². The molecule has 0 heterocycles. The van der Waals surface area contributed by atoms with Crippen molar-refractivity contribution in [1.82, 2.24) is 5.32 Å². The molecule has 0 atom stereocenters. The fourth-order valence-electron chi connectivity index (χ4n) is 1.80. The minimum atomic E-state index is 0.829. The molecule has 3 heteroatoms. The maximum atomic E-state index is 5.90. The molecule has 1 saturated carbocycles. The minimum absolute atomic E-state index is 0.829. The molecule has 3 N–H and O–H groups in total. The van der Waals surface area contributed by atoms with E-state index in [0.717, 1.165) is 36.0 Å². The maximum Gasteiger partial charge on any atom is 0.119 e. The molecule has 1 aliphatic carbocycles. The Morgan fingerprint density at radius 1 is 1.44 bits per heavy atom. The second-order valence-corrected chi connectivity index (χ2v) is 4.47. The van der Waals surface area contributed by atoms with E-state index >= 15 is 0 Å². The summed E-state index contributed by atoms with van der Waals surface area (Å²) in [6, 6.07) is 5.79. The first-order chi connectivity index (χ1) is 7.79. The molecule has 1 aromatic carbocycles. The SMILES string of the molecule is COc1ccc(N)c(CNCCC2CC2)c1. The van der Waals surface area contributed by atoms with Gasteiger partial charge < -0.3 is 15.8 Å². The third kappa shape index (κ3) is 3.14. The summed E-state index contributed by atoms with van der Waals surface area (Å²) < 4.78 is 5.18. The van der Waals surface area contributed by atoms with Crippen LogP contribution in [0.4, 0.5) is 5.69 Å². The molecule has 0 amide bonds. The van der Waals surface area contributed by atoms with Gasteiger partial charge in [0.1, 0.15) is 5.75 Å². The van der Waals surface area contributed by atoms with Crippen LogP contribution in [-0.4, -0.2) is 13.7 Å². The van der Waals surface area contributed by atoms with Crippen LogP contribution >= 0.6 is 0 Å². The van der Waals surface area contributed by atoms with Crippen LogP contribution in [0.5, 0.6) is 5.75 Å². The van der Waals surface area contributed by atoms with Crippen molar-refractivity contribution in [1.29, 1.82) is 0 Å². The summed E-state index contributed by atoms with van der Waals surface area (Å²) in [6.45, 7) is 1.91. The smallest absolute Gasteiger partial charge is 0.119 e. The zero-order valence-electron chi connectivity index (χ0n) is 9.83. The predicted molar refractivity (Wildman–Crippen MR) is 66.5 cm³/mol. The summed E-state index contributed by atoms with van der Waals surface area (Å²) in [5.74, 6) is 1.85. The molecule has 3 nitrogen and oxygen atoms in total. The molecule has 2 rings (SSSR count).